The minimum absolute atomic E-state index is 0.476. The Bertz CT molecular complexity index is 575. The summed E-state index contributed by atoms with van der Waals surface area (Å²) >= 11 is 0. The van der Waals surface area contributed by atoms with Crippen molar-refractivity contribution < 1.29 is 5.11 Å². The SMILES string of the molecule is OC1/C(=C/c2ccncc2)CC/C1=C\c1ccncc1. The standard InChI is InChI=1S/C17H16N2O/c20-17-15(11-13-3-7-18-8-4-13)1-2-16(17)12-14-5-9-19-10-6-14/h3-12,17,20H,1-2H2/b15-11+,16-12+. The van der Waals surface area contributed by atoms with E-state index in [0.717, 1.165) is 35.1 Å². The molecule has 0 saturated heterocycles. The van der Waals surface area contributed by atoms with Gasteiger partial charge in [0.15, 0.2) is 0 Å². The fourth-order valence-electron chi connectivity index (χ4n) is 2.45. The smallest absolute Gasteiger partial charge is 0.0967 e. The van der Waals surface area contributed by atoms with Gasteiger partial charge in [0, 0.05) is 24.8 Å². The molecule has 0 radical (unpaired) electrons. The quantitative estimate of drug-likeness (QED) is 0.906. The Labute approximate surface area is 118 Å². The summed E-state index contributed by atoms with van der Waals surface area (Å²) in [5.74, 6) is 0. The Morgan fingerprint density at radius 2 is 1.20 bits per heavy atom. The molecule has 0 unspecified atom stereocenters. The number of rotatable bonds is 2. The van der Waals surface area contributed by atoms with E-state index in [0.29, 0.717) is 0 Å². The Balaban J connectivity index is 1.83. The van der Waals surface area contributed by atoms with E-state index in [9.17, 15) is 5.11 Å². The molecule has 2 aromatic rings. The summed E-state index contributed by atoms with van der Waals surface area (Å²) in [5, 5.41) is 10.4. The zero-order valence-corrected chi connectivity index (χ0v) is 11.1. The summed E-state index contributed by atoms with van der Waals surface area (Å²) in [7, 11) is 0. The maximum absolute atomic E-state index is 10.4. The molecule has 1 fully saturated rings. The maximum atomic E-state index is 10.4. The van der Waals surface area contributed by atoms with Gasteiger partial charge < -0.3 is 5.11 Å². The number of aromatic nitrogens is 2. The van der Waals surface area contributed by atoms with Crippen LogP contribution in [-0.2, 0) is 0 Å². The van der Waals surface area contributed by atoms with Crippen LogP contribution in [-0.4, -0.2) is 21.2 Å². The zero-order chi connectivity index (χ0) is 13.8. The molecule has 0 amide bonds. The minimum Gasteiger partial charge on any atom is -0.384 e. The van der Waals surface area contributed by atoms with Crippen LogP contribution in [0.25, 0.3) is 12.2 Å². The van der Waals surface area contributed by atoms with Crippen LogP contribution in [0.3, 0.4) is 0 Å². The fraction of sp³-hybridized carbons (Fsp3) is 0.176. The van der Waals surface area contributed by atoms with E-state index in [-0.39, 0.29) is 0 Å². The summed E-state index contributed by atoms with van der Waals surface area (Å²) in [6.45, 7) is 0. The van der Waals surface area contributed by atoms with Crippen LogP contribution in [0.1, 0.15) is 24.0 Å². The average molecular weight is 264 g/mol. The van der Waals surface area contributed by atoms with Gasteiger partial charge in [-0.25, -0.2) is 0 Å². The van der Waals surface area contributed by atoms with Crippen LogP contribution in [0.2, 0.25) is 0 Å². The van der Waals surface area contributed by atoms with Crippen molar-refractivity contribution in [3.05, 3.63) is 71.3 Å². The van der Waals surface area contributed by atoms with E-state index < -0.39 is 6.10 Å². The third kappa shape index (κ3) is 2.83. The highest BCUT2D eigenvalue weighted by atomic mass is 16.3. The van der Waals surface area contributed by atoms with Gasteiger partial charge in [0.05, 0.1) is 6.10 Å². The Hall–Kier alpha value is -2.26. The number of nitrogens with zero attached hydrogens (tertiary/aromatic N) is 2. The van der Waals surface area contributed by atoms with Gasteiger partial charge in [0.25, 0.3) is 0 Å². The molecule has 0 aliphatic heterocycles. The first-order valence-corrected chi connectivity index (χ1v) is 6.72. The molecular weight excluding hydrogens is 248 g/mol. The lowest BCUT2D eigenvalue weighted by Gasteiger charge is -2.07. The summed E-state index contributed by atoms with van der Waals surface area (Å²) < 4.78 is 0. The molecule has 20 heavy (non-hydrogen) atoms. The largest absolute Gasteiger partial charge is 0.384 e. The highest BCUT2D eigenvalue weighted by Crippen LogP contribution is 2.32. The van der Waals surface area contributed by atoms with E-state index >= 15 is 0 Å². The van der Waals surface area contributed by atoms with Crippen molar-refractivity contribution in [2.24, 2.45) is 0 Å². The van der Waals surface area contributed by atoms with Crippen LogP contribution in [0.4, 0.5) is 0 Å². The highest BCUT2D eigenvalue weighted by Gasteiger charge is 2.23. The number of hydrogen-bond donors (Lipinski definition) is 1. The number of aliphatic hydroxyl groups excluding tert-OH is 1. The van der Waals surface area contributed by atoms with Crippen molar-refractivity contribution >= 4 is 12.2 Å². The molecule has 2 aromatic heterocycles. The normalized spacial score (nSPS) is 22.6. The molecule has 100 valence electrons. The molecule has 2 heterocycles. The summed E-state index contributed by atoms with van der Waals surface area (Å²) in [4.78, 5) is 8.00. The predicted molar refractivity (Wildman–Crippen MR) is 79.7 cm³/mol. The molecular formula is C17H16N2O. The number of pyridine rings is 2. The van der Waals surface area contributed by atoms with Crippen LogP contribution < -0.4 is 0 Å². The van der Waals surface area contributed by atoms with Gasteiger partial charge in [0.1, 0.15) is 0 Å². The van der Waals surface area contributed by atoms with Gasteiger partial charge in [-0.1, -0.05) is 12.2 Å². The number of hydrogen-bond acceptors (Lipinski definition) is 3. The molecule has 1 aliphatic carbocycles. The number of aliphatic hydroxyl groups is 1. The van der Waals surface area contributed by atoms with Gasteiger partial charge in [-0.3, -0.25) is 9.97 Å². The molecule has 0 spiro atoms. The van der Waals surface area contributed by atoms with Crippen LogP contribution in [0.15, 0.2) is 60.2 Å². The van der Waals surface area contributed by atoms with Gasteiger partial charge in [-0.15, -0.1) is 0 Å². The third-order valence-electron chi connectivity index (χ3n) is 3.52. The van der Waals surface area contributed by atoms with Crippen LogP contribution in [0, 0.1) is 0 Å². The van der Waals surface area contributed by atoms with Crippen molar-refractivity contribution in [1.29, 1.82) is 0 Å². The van der Waals surface area contributed by atoms with Crippen LogP contribution >= 0.6 is 0 Å². The first kappa shape index (κ1) is 12.8. The molecule has 1 N–H and O–H groups in total. The van der Waals surface area contributed by atoms with Gasteiger partial charge in [-0.2, -0.15) is 0 Å². The van der Waals surface area contributed by atoms with Gasteiger partial charge in [0.2, 0.25) is 0 Å². The van der Waals surface area contributed by atoms with Crippen molar-refractivity contribution in [3.63, 3.8) is 0 Å². The zero-order valence-electron chi connectivity index (χ0n) is 11.1. The minimum atomic E-state index is -0.476. The van der Waals surface area contributed by atoms with Gasteiger partial charge >= 0.3 is 0 Å². The maximum Gasteiger partial charge on any atom is 0.0967 e. The third-order valence-corrected chi connectivity index (χ3v) is 3.52. The topological polar surface area (TPSA) is 46.0 Å². The molecule has 0 bridgehead atoms. The van der Waals surface area contributed by atoms with E-state index in [1.165, 1.54) is 0 Å². The molecule has 0 aromatic carbocycles. The lowest BCUT2D eigenvalue weighted by molar-refractivity contribution is 0.257. The van der Waals surface area contributed by atoms with Crippen molar-refractivity contribution in [2.45, 2.75) is 18.9 Å². The predicted octanol–water partition coefficient (Wildman–Crippen LogP) is 3.10. The molecule has 1 saturated carbocycles. The lowest BCUT2D eigenvalue weighted by atomic mass is 10.1. The van der Waals surface area contributed by atoms with E-state index in [1.807, 2.05) is 24.3 Å². The lowest BCUT2D eigenvalue weighted by Crippen LogP contribution is -2.04. The molecule has 3 rings (SSSR count). The first-order valence-electron chi connectivity index (χ1n) is 6.72. The van der Waals surface area contributed by atoms with Crippen molar-refractivity contribution in [1.82, 2.24) is 9.97 Å². The molecule has 1 aliphatic rings. The van der Waals surface area contributed by atoms with E-state index in [1.54, 1.807) is 24.8 Å². The molecule has 3 nitrogen and oxygen atoms in total. The summed E-state index contributed by atoms with van der Waals surface area (Å²) in [6, 6.07) is 7.79. The van der Waals surface area contributed by atoms with E-state index in [2.05, 4.69) is 22.1 Å². The molecule has 0 atom stereocenters. The average Bonchev–Trinajstić information content (AvgIpc) is 2.83. The summed E-state index contributed by atoms with van der Waals surface area (Å²) in [5.41, 5.74) is 4.30. The monoisotopic (exact) mass is 264 g/mol. The second kappa shape index (κ2) is 5.80. The van der Waals surface area contributed by atoms with Crippen molar-refractivity contribution in [2.75, 3.05) is 0 Å². The molecule has 3 heteroatoms. The Morgan fingerprint density at radius 3 is 1.60 bits per heavy atom. The van der Waals surface area contributed by atoms with Crippen molar-refractivity contribution in [3.8, 4) is 0 Å². The van der Waals surface area contributed by atoms with Gasteiger partial charge in [-0.05, 0) is 59.4 Å². The summed E-state index contributed by atoms with van der Waals surface area (Å²) in [6.07, 6.45) is 12.5. The van der Waals surface area contributed by atoms with E-state index in [4.69, 9.17) is 0 Å². The second-order valence-electron chi connectivity index (χ2n) is 4.90. The first-order chi connectivity index (χ1) is 9.83. The Kier molecular flexibility index (Phi) is 3.70. The second-order valence-corrected chi connectivity index (χ2v) is 4.90. The fourth-order valence-corrected chi connectivity index (χ4v) is 2.45. The van der Waals surface area contributed by atoms with Crippen LogP contribution in [0.5, 0.6) is 0 Å². The highest BCUT2D eigenvalue weighted by molar-refractivity contribution is 5.61. The Morgan fingerprint density at radius 1 is 0.800 bits per heavy atom.